The molecule has 1 aromatic carbocycles. The number of carboxylic acids is 1. The SMILES string of the molecule is C=CCCOC(C)C(=O)NC(CC1CCCc2ccccc21)C(=O)O. The van der Waals surface area contributed by atoms with Crippen LogP contribution in [0.5, 0.6) is 0 Å². The number of carboxylic acid groups (broad SMARTS) is 1. The minimum atomic E-state index is -1.00. The number of amides is 1. The molecule has 1 aliphatic rings. The van der Waals surface area contributed by atoms with E-state index in [1.807, 2.05) is 12.1 Å². The number of aliphatic carboxylic acids is 1. The molecule has 2 N–H and O–H groups in total. The van der Waals surface area contributed by atoms with Crippen LogP contribution in [0, 0.1) is 0 Å². The lowest BCUT2D eigenvalue weighted by Crippen LogP contribution is -2.46. The predicted octanol–water partition coefficient (Wildman–Crippen LogP) is 3.05. The molecule has 0 aliphatic heterocycles. The average molecular weight is 345 g/mol. The number of rotatable bonds is 9. The highest BCUT2D eigenvalue weighted by atomic mass is 16.5. The van der Waals surface area contributed by atoms with Gasteiger partial charge in [-0.25, -0.2) is 4.79 Å². The molecular formula is C20H27NO4. The Morgan fingerprint density at radius 3 is 2.92 bits per heavy atom. The maximum absolute atomic E-state index is 12.2. The minimum absolute atomic E-state index is 0.156. The maximum Gasteiger partial charge on any atom is 0.326 e. The van der Waals surface area contributed by atoms with Gasteiger partial charge >= 0.3 is 5.97 Å². The third kappa shape index (κ3) is 5.43. The van der Waals surface area contributed by atoms with Crippen molar-refractivity contribution < 1.29 is 19.4 Å². The number of aryl methyl sites for hydroxylation is 1. The number of ether oxygens (including phenoxy) is 1. The van der Waals surface area contributed by atoms with Crippen LogP contribution in [0.15, 0.2) is 36.9 Å². The second-order valence-electron chi connectivity index (χ2n) is 6.51. The van der Waals surface area contributed by atoms with Crippen LogP contribution in [-0.2, 0) is 20.7 Å². The molecule has 3 atom stereocenters. The summed E-state index contributed by atoms with van der Waals surface area (Å²) in [6.45, 7) is 5.63. The van der Waals surface area contributed by atoms with E-state index in [9.17, 15) is 14.7 Å². The van der Waals surface area contributed by atoms with E-state index in [-0.39, 0.29) is 11.8 Å². The lowest BCUT2D eigenvalue weighted by molar-refractivity contribution is -0.144. The van der Waals surface area contributed by atoms with Gasteiger partial charge in [-0.1, -0.05) is 30.3 Å². The lowest BCUT2D eigenvalue weighted by Gasteiger charge is -2.28. The fourth-order valence-corrected chi connectivity index (χ4v) is 3.30. The van der Waals surface area contributed by atoms with E-state index < -0.39 is 18.1 Å². The molecule has 1 aromatic rings. The zero-order valence-corrected chi connectivity index (χ0v) is 14.7. The average Bonchev–Trinajstić information content (AvgIpc) is 2.61. The maximum atomic E-state index is 12.2. The van der Waals surface area contributed by atoms with E-state index in [0.29, 0.717) is 19.4 Å². The first kappa shape index (κ1) is 19.2. The van der Waals surface area contributed by atoms with Crippen molar-refractivity contribution >= 4 is 11.9 Å². The van der Waals surface area contributed by atoms with Crippen LogP contribution in [0.3, 0.4) is 0 Å². The molecule has 25 heavy (non-hydrogen) atoms. The van der Waals surface area contributed by atoms with Gasteiger partial charge in [0.25, 0.3) is 0 Å². The van der Waals surface area contributed by atoms with E-state index >= 15 is 0 Å². The van der Waals surface area contributed by atoms with E-state index in [4.69, 9.17) is 4.74 Å². The van der Waals surface area contributed by atoms with Crippen molar-refractivity contribution in [2.45, 2.75) is 57.1 Å². The largest absolute Gasteiger partial charge is 0.480 e. The van der Waals surface area contributed by atoms with Crippen LogP contribution in [0.1, 0.15) is 49.7 Å². The molecule has 1 amide bonds. The minimum Gasteiger partial charge on any atom is -0.480 e. The van der Waals surface area contributed by atoms with E-state index in [1.54, 1.807) is 13.0 Å². The highest BCUT2D eigenvalue weighted by Gasteiger charge is 2.29. The van der Waals surface area contributed by atoms with Gasteiger partial charge in [-0.3, -0.25) is 4.79 Å². The van der Waals surface area contributed by atoms with Crippen LogP contribution < -0.4 is 5.32 Å². The summed E-state index contributed by atoms with van der Waals surface area (Å²) in [6.07, 6.45) is 5.11. The second-order valence-corrected chi connectivity index (χ2v) is 6.51. The highest BCUT2D eigenvalue weighted by molar-refractivity contribution is 5.86. The molecule has 1 aliphatic carbocycles. The summed E-state index contributed by atoms with van der Waals surface area (Å²) >= 11 is 0. The molecule has 0 fully saturated rings. The van der Waals surface area contributed by atoms with Crippen LogP contribution in [0.25, 0.3) is 0 Å². The normalized spacial score (nSPS) is 18.7. The number of hydrogen-bond acceptors (Lipinski definition) is 3. The molecule has 0 bridgehead atoms. The van der Waals surface area contributed by atoms with Gasteiger partial charge in [0.2, 0.25) is 5.91 Å². The highest BCUT2D eigenvalue weighted by Crippen LogP contribution is 2.34. The third-order valence-electron chi connectivity index (χ3n) is 4.69. The third-order valence-corrected chi connectivity index (χ3v) is 4.69. The predicted molar refractivity (Wildman–Crippen MR) is 96.5 cm³/mol. The fourth-order valence-electron chi connectivity index (χ4n) is 3.30. The van der Waals surface area contributed by atoms with Crippen LogP contribution >= 0.6 is 0 Å². The smallest absolute Gasteiger partial charge is 0.326 e. The Kier molecular flexibility index (Phi) is 7.19. The fraction of sp³-hybridized carbons (Fsp3) is 0.500. The standard InChI is InChI=1S/C20H27NO4/c1-3-4-12-25-14(2)19(22)21-18(20(23)24)13-16-10-7-9-15-8-5-6-11-17(15)16/h3,5-6,8,11,14,16,18H,1,4,7,9-10,12-13H2,2H3,(H,21,22)(H,23,24). The van der Waals surface area contributed by atoms with Gasteiger partial charge in [0, 0.05) is 0 Å². The topological polar surface area (TPSA) is 75.6 Å². The Bertz CT molecular complexity index is 613. The first-order valence-corrected chi connectivity index (χ1v) is 8.86. The molecule has 2 rings (SSSR count). The summed E-state index contributed by atoms with van der Waals surface area (Å²) in [5.74, 6) is -1.24. The van der Waals surface area contributed by atoms with Crippen LogP contribution in [0.2, 0.25) is 0 Å². The van der Waals surface area contributed by atoms with Crippen molar-refractivity contribution in [3.8, 4) is 0 Å². The monoisotopic (exact) mass is 345 g/mol. The molecule has 0 saturated carbocycles. The molecule has 3 unspecified atom stereocenters. The summed E-state index contributed by atoms with van der Waals surface area (Å²) in [5.41, 5.74) is 2.50. The molecule has 5 heteroatoms. The molecule has 0 saturated heterocycles. The van der Waals surface area contributed by atoms with Crippen molar-refractivity contribution in [1.29, 1.82) is 0 Å². The van der Waals surface area contributed by atoms with Crippen LogP contribution in [0.4, 0.5) is 0 Å². The summed E-state index contributed by atoms with van der Waals surface area (Å²) in [5, 5.41) is 12.2. The quantitative estimate of drug-likeness (QED) is 0.533. The molecule has 136 valence electrons. The number of carbonyl (C=O) groups excluding carboxylic acids is 1. The number of carbonyl (C=O) groups is 2. The summed E-state index contributed by atoms with van der Waals surface area (Å²) in [7, 11) is 0. The number of nitrogens with one attached hydrogen (secondary N) is 1. The van der Waals surface area contributed by atoms with Gasteiger partial charge in [-0.2, -0.15) is 0 Å². The van der Waals surface area contributed by atoms with E-state index in [2.05, 4.69) is 24.0 Å². The first-order valence-electron chi connectivity index (χ1n) is 8.86. The first-order chi connectivity index (χ1) is 12.0. The van der Waals surface area contributed by atoms with Gasteiger partial charge in [0.05, 0.1) is 6.61 Å². The van der Waals surface area contributed by atoms with Gasteiger partial charge in [-0.05, 0) is 56.1 Å². The number of hydrogen-bond donors (Lipinski definition) is 2. The number of benzene rings is 1. The van der Waals surface area contributed by atoms with Crippen molar-refractivity contribution in [1.82, 2.24) is 5.32 Å². The van der Waals surface area contributed by atoms with Crippen molar-refractivity contribution in [3.63, 3.8) is 0 Å². The zero-order valence-electron chi connectivity index (χ0n) is 14.7. The Morgan fingerprint density at radius 2 is 2.20 bits per heavy atom. The molecule has 0 heterocycles. The molecular weight excluding hydrogens is 318 g/mol. The summed E-state index contributed by atoms with van der Waals surface area (Å²) < 4.78 is 5.39. The van der Waals surface area contributed by atoms with Gasteiger partial charge < -0.3 is 15.2 Å². The van der Waals surface area contributed by atoms with Crippen molar-refractivity contribution in [2.24, 2.45) is 0 Å². The van der Waals surface area contributed by atoms with Gasteiger partial charge in [0.15, 0.2) is 0 Å². The molecule has 0 spiro atoms. The van der Waals surface area contributed by atoms with E-state index in [0.717, 1.165) is 19.3 Å². The van der Waals surface area contributed by atoms with Crippen molar-refractivity contribution in [2.75, 3.05) is 6.61 Å². The van der Waals surface area contributed by atoms with Gasteiger partial charge in [0.1, 0.15) is 12.1 Å². The summed E-state index contributed by atoms with van der Waals surface area (Å²) in [6, 6.07) is 7.27. The van der Waals surface area contributed by atoms with Gasteiger partial charge in [-0.15, -0.1) is 6.58 Å². The van der Waals surface area contributed by atoms with Crippen molar-refractivity contribution in [3.05, 3.63) is 48.0 Å². The lowest BCUT2D eigenvalue weighted by atomic mass is 9.79. The summed E-state index contributed by atoms with van der Waals surface area (Å²) in [4.78, 5) is 23.8. The Labute approximate surface area is 149 Å². The Balaban J connectivity index is 1.99. The molecule has 0 radical (unpaired) electrons. The van der Waals surface area contributed by atoms with Crippen LogP contribution in [-0.4, -0.2) is 35.7 Å². The van der Waals surface area contributed by atoms with E-state index in [1.165, 1.54) is 11.1 Å². The second kappa shape index (κ2) is 9.37. The molecule has 0 aromatic heterocycles. The Hall–Kier alpha value is -2.14. The molecule has 5 nitrogen and oxygen atoms in total. The number of fused-ring (bicyclic) bond motifs is 1. The zero-order chi connectivity index (χ0) is 18.2. The Morgan fingerprint density at radius 1 is 1.44 bits per heavy atom.